The molecular weight excluding hydrogens is 378 g/mol. The number of thiazole rings is 1. The molecule has 0 aliphatic carbocycles. The summed E-state index contributed by atoms with van der Waals surface area (Å²) in [7, 11) is 0. The Bertz CT molecular complexity index is 1090. The van der Waals surface area contributed by atoms with Crippen molar-refractivity contribution in [3.05, 3.63) is 71.0 Å². The maximum Gasteiger partial charge on any atom is 0.261 e. The summed E-state index contributed by atoms with van der Waals surface area (Å²) in [5, 5.41) is 12.6. The minimum atomic E-state index is -0.312. The molecule has 4 aromatic rings. The van der Waals surface area contributed by atoms with E-state index < -0.39 is 0 Å². The lowest BCUT2D eigenvalue weighted by atomic mass is 10.2. The van der Waals surface area contributed by atoms with Crippen molar-refractivity contribution in [3.63, 3.8) is 0 Å². The van der Waals surface area contributed by atoms with Crippen LogP contribution in [0.1, 0.15) is 21.7 Å². The number of pyridine rings is 1. The van der Waals surface area contributed by atoms with Crippen LogP contribution in [0.15, 0.2) is 58.7 Å². The lowest BCUT2D eigenvalue weighted by Gasteiger charge is -2.09. The number of ether oxygens (including phenoxy) is 1. The summed E-state index contributed by atoms with van der Waals surface area (Å²) in [4.78, 5) is 21.4. The third kappa shape index (κ3) is 3.89. The van der Waals surface area contributed by atoms with Gasteiger partial charge in [0, 0.05) is 11.6 Å². The van der Waals surface area contributed by atoms with Crippen LogP contribution in [0.2, 0.25) is 0 Å². The maximum absolute atomic E-state index is 12.7. The molecule has 0 spiro atoms. The van der Waals surface area contributed by atoms with E-state index in [1.165, 1.54) is 11.3 Å². The first-order chi connectivity index (χ1) is 13.7. The Morgan fingerprint density at radius 2 is 2.00 bits per heavy atom. The number of rotatable bonds is 6. The molecule has 3 heterocycles. The highest BCUT2D eigenvalue weighted by atomic mass is 32.1. The van der Waals surface area contributed by atoms with E-state index in [1.54, 1.807) is 37.4 Å². The second-order valence-electron chi connectivity index (χ2n) is 5.79. The Morgan fingerprint density at radius 3 is 2.79 bits per heavy atom. The Morgan fingerprint density at radius 1 is 1.14 bits per heavy atom. The molecule has 8 nitrogen and oxygen atoms in total. The van der Waals surface area contributed by atoms with E-state index in [0.717, 1.165) is 5.69 Å². The molecule has 0 aliphatic heterocycles. The second-order valence-corrected chi connectivity index (χ2v) is 6.65. The summed E-state index contributed by atoms with van der Waals surface area (Å²) in [5.74, 6) is 0.122. The van der Waals surface area contributed by atoms with Gasteiger partial charge < -0.3 is 4.74 Å². The Labute approximate surface area is 164 Å². The molecule has 0 bridgehead atoms. The Hall–Kier alpha value is -3.59. The Kier molecular flexibility index (Phi) is 5.07. The molecule has 1 amide bonds. The molecule has 0 unspecified atom stereocenters. The largest absolute Gasteiger partial charge is 0.486 e. The summed E-state index contributed by atoms with van der Waals surface area (Å²) in [6, 6.07) is 12.6. The summed E-state index contributed by atoms with van der Waals surface area (Å²) < 4.78 is 10.4. The first-order valence-electron chi connectivity index (χ1n) is 8.39. The van der Waals surface area contributed by atoms with Crippen LogP contribution in [0.3, 0.4) is 0 Å². The molecular formula is C19H15N5O3S. The Balaban J connectivity index is 1.48. The van der Waals surface area contributed by atoms with Crippen molar-refractivity contribution >= 4 is 22.4 Å². The first kappa shape index (κ1) is 17.8. The minimum absolute atomic E-state index is 0.153. The predicted molar refractivity (Wildman–Crippen MR) is 103 cm³/mol. The van der Waals surface area contributed by atoms with E-state index in [0.29, 0.717) is 33.5 Å². The highest BCUT2D eigenvalue weighted by Crippen LogP contribution is 2.25. The van der Waals surface area contributed by atoms with E-state index in [-0.39, 0.29) is 12.5 Å². The summed E-state index contributed by atoms with van der Waals surface area (Å²) in [6.07, 6.45) is 1.70. The lowest BCUT2D eigenvalue weighted by Crippen LogP contribution is -2.13. The zero-order chi connectivity index (χ0) is 19.3. The average Bonchev–Trinajstić information content (AvgIpc) is 3.36. The summed E-state index contributed by atoms with van der Waals surface area (Å²) >= 11 is 1.33. The SMILES string of the molecule is Cc1nonc1COc1ccccc1C(=O)Nc1nc(-c2ccccn2)cs1. The third-order valence-electron chi connectivity index (χ3n) is 3.89. The fourth-order valence-electron chi connectivity index (χ4n) is 2.43. The highest BCUT2D eigenvalue weighted by Gasteiger charge is 2.16. The topological polar surface area (TPSA) is 103 Å². The van der Waals surface area contributed by atoms with Gasteiger partial charge in [0.2, 0.25) is 0 Å². The molecule has 4 rings (SSSR count). The van der Waals surface area contributed by atoms with Gasteiger partial charge >= 0.3 is 0 Å². The number of hydrogen-bond donors (Lipinski definition) is 1. The van der Waals surface area contributed by atoms with Gasteiger partial charge in [0.25, 0.3) is 5.91 Å². The number of carbonyl (C=O) groups is 1. The number of carbonyl (C=O) groups excluding carboxylic acids is 1. The zero-order valence-corrected chi connectivity index (χ0v) is 15.6. The smallest absolute Gasteiger partial charge is 0.261 e. The molecule has 28 heavy (non-hydrogen) atoms. The number of aryl methyl sites for hydroxylation is 1. The molecule has 3 aromatic heterocycles. The molecule has 140 valence electrons. The van der Waals surface area contributed by atoms with Crippen LogP contribution in [-0.4, -0.2) is 26.2 Å². The number of nitrogens with one attached hydrogen (secondary N) is 1. The van der Waals surface area contributed by atoms with Crippen molar-refractivity contribution < 1.29 is 14.2 Å². The maximum atomic E-state index is 12.7. The number of hydrogen-bond acceptors (Lipinski definition) is 8. The van der Waals surface area contributed by atoms with Gasteiger partial charge in [0.15, 0.2) is 5.13 Å². The normalized spacial score (nSPS) is 10.6. The van der Waals surface area contributed by atoms with Gasteiger partial charge in [-0.2, -0.15) is 0 Å². The molecule has 0 radical (unpaired) electrons. The van der Waals surface area contributed by atoms with Crippen molar-refractivity contribution in [1.82, 2.24) is 20.3 Å². The van der Waals surface area contributed by atoms with Gasteiger partial charge in [0.05, 0.1) is 11.3 Å². The standard InChI is InChI=1S/C19H15N5O3S/c1-12-15(24-27-23-12)10-26-17-8-3-2-6-13(17)18(25)22-19-21-16(11-28-19)14-7-4-5-9-20-14/h2-9,11H,10H2,1H3,(H,21,22,25). The van der Waals surface area contributed by atoms with Crippen LogP contribution < -0.4 is 10.1 Å². The molecule has 9 heteroatoms. The molecule has 1 N–H and O–H groups in total. The van der Waals surface area contributed by atoms with Crippen molar-refractivity contribution in [2.75, 3.05) is 5.32 Å². The van der Waals surface area contributed by atoms with Crippen LogP contribution in [0.5, 0.6) is 5.75 Å². The molecule has 1 aromatic carbocycles. The minimum Gasteiger partial charge on any atom is -0.486 e. The van der Waals surface area contributed by atoms with E-state index in [9.17, 15) is 4.79 Å². The second kappa shape index (κ2) is 7.97. The number of anilines is 1. The van der Waals surface area contributed by atoms with Crippen LogP contribution >= 0.6 is 11.3 Å². The number of aromatic nitrogens is 4. The quantitative estimate of drug-likeness (QED) is 0.532. The molecule has 0 fully saturated rings. The molecule has 0 saturated carbocycles. The van der Waals surface area contributed by atoms with Crippen molar-refractivity contribution in [3.8, 4) is 17.1 Å². The number of benzene rings is 1. The van der Waals surface area contributed by atoms with E-state index in [1.807, 2.05) is 23.6 Å². The van der Waals surface area contributed by atoms with Crippen LogP contribution in [0.4, 0.5) is 5.13 Å². The number of nitrogens with zero attached hydrogens (tertiary/aromatic N) is 4. The van der Waals surface area contributed by atoms with E-state index in [2.05, 4.69) is 30.2 Å². The van der Waals surface area contributed by atoms with Gasteiger partial charge in [-0.05, 0) is 31.2 Å². The van der Waals surface area contributed by atoms with E-state index >= 15 is 0 Å². The fraction of sp³-hybridized carbons (Fsp3) is 0.105. The average molecular weight is 393 g/mol. The van der Waals surface area contributed by atoms with Gasteiger partial charge in [-0.25, -0.2) is 9.61 Å². The monoisotopic (exact) mass is 393 g/mol. The van der Waals surface area contributed by atoms with Crippen molar-refractivity contribution in [2.24, 2.45) is 0 Å². The number of amides is 1. The molecule has 0 aliphatic rings. The highest BCUT2D eigenvalue weighted by molar-refractivity contribution is 7.14. The van der Waals surface area contributed by atoms with Gasteiger partial charge in [-0.15, -0.1) is 11.3 Å². The predicted octanol–water partition coefficient (Wildman–Crippen LogP) is 3.73. The summed E-state index contributed by atoms with van der Waals surface area (Å²) in [6.45, 7) is 1.93. The fourth-order valence-corrected chi connectivity index (χ4v) is 3.13. The van der Waals surface area contributed by atoms with Gasteiger partial charge in [0.1, 0.15) is 29.4 Å². The van der Waals surface area contributed by atoms with Crippen LogP contribution in [0.25, 0.3) is 11.4 Å². The van der Waals surface area contributed by atoms with E-state index in [4.69, 9.17) is 4.74 Å². The molecule has 0 saturated heterocycles. The van der Waals surface area contributed by atoms with Crippen molar-refractivity contribution in [1.29, 1.82) is 0 Å². The van der Waals surface area contributed by atoms with Crippen LogP contribution in [-0.2, 0) is 6.61 Å². The molecule has 0 atom stereocenters. The van der Waals surface area contributed by atoms with Crippen LogP contribution in [0, 0.1) is 6.92 Å². The third-order valence-corrected chi connectivity index (χ3v) is 4.65. The summed E-state index contributed by atoms with van der Waals surface area (Å²) in [5.41, 5.74) is 3.08. The van der Waals surface area contributed by atoms with Gasteiger partial charge in [-0.1, -0.05) is 28.5 Å². The zero-order valence-electron chi connectivity index (χ0n) is 14.8. The first-order valence-corrected chi connectivity index (χ1v) is 9.27. The lowest BCUT2D eigenvalue weighted by molar-refractivity contribution is 0.102. The number of para-hydroxylation sites is 1. The van der Waals surface area contributed by atoms with Gasteiger partial charge in [-0.3, -0.25) is 15.1 Å². The van der Waals surface area contributed by atoms with Crippen molar-refractivity contribution in [2.45, 2.75) is 13.5 Å².